The number of rotatable bonds is 0. The average Bonchev–Trinajstić information content (AvgIpc) is 2.41. The summed E-state index contributed by atoms with van der Waals surface area (Å²) in [6.07, 6.45) is 1.28. The Labute approximate surface area is 85.1 Å². The van der Waals surface area contributed by atoms with Crippen LogP contribution in [0.25, 0.3) is 0 Å². The zero-order valence-electron chi connectivity index (χ0n) is 9.05. The molecule has 0 aliphatic heterocycles. The highest BCUT2D eigenvalue weighted by Gasteiger charge is 2.21. The van der Waals surface area contributed by atoms with Crippen LogP contribution in [0.5, 0.6) is 0 Å². The van der Waals surface area contributed by atoms with E-state index in [0.29, 0.717) is 18.6 Å². The number of benzene rings is 1. The second-order valence-corrected chi connectivity index (χ2v) is 5.13. The maximum absolute atomic E-state index is 11.3. The molecule has 1 aliphatic rings. The second kappa shape index (κ2) is 2.94. The Balaban J connectivity index is 2.43. The number of hydrogen-bond acceptors (Lipinski definition) is 1. The highest BCUT2D eigenvalue weighted by molar-refractivity contribution is 5.88. The number of carbonyl (C=O) groups excluding carboxylic acids is 1. The fraction of sp³-hybridized carbons (Fsp3) is 0.462. The summed E-state index contributed by atoms with van der Waals surface area (Å²) in [5.74, 6) is 0.353. The van der Waals surface area contributed by atoms with Crippen LogP contribution in [0, 0.1) is 0 Å². The van der Waals surface area contributed by atoms with Crippen LogP contribution in [0.3, 0.4) is 0 Å². The van der Waals surface area contributed by atoms with Gasteiger partial charge in [0.2, 0.25) is 0 Å². The molecule has 1 aromatic carbocycles. The van der Waals surface area contributed by atoms with Crippen LogP contribution in [0.15, 0.2) is 18.2 Å². The lowest BCUT2D eigenvalue weighted by Crippen LogP contribution is -2.11. The van der Waals surface area contributed by atoms with Gasteiger partial charge in [0.05, 0.1) is 0 Å². The molecule has 0 fully saturated rings. The molecule has 0 unspecified atom stereocenters. The summed E-state index contributed by atoms with van der Waals surface area (Å²) < 4.78 is 0. The van der Waals surface area contributed by atoms with E-state index in [1.165, 1.54) is 16.7 Å². The van der Waals surface area contributed by atoms with E-state index < -0.39 is 0 Å². The molecule has 14 heavy (non-hydrogen) atoms. The first-order valence-electron chi connectivity index (χ1n) is 5.11. The van der Waals surface area contributed by atoms with Gasteiger partial charge in [0.25, 0.3) is 0 Å². The van der Waals surface area contributed by atoms with Crippen molar-refractivity contribution >= 4 is 5.78 Å². The van der Waals surface area contributed by atoms with Crippen LogP contribution >= 0.6 is 0 Å². The molecule has 1 aromatic rings. The third kappa shape index (κ3) is 1.59. The minimum Gasteiger partial charge on any atom is -0.299 e. The van der Waals surface area contributed by atoms with Gasteiger partial charge < -0.3 is 0 Å². The molecule has 0 spiro atoms. The highest BCUT2D eigenvalue weighted by atomic mass is 16.1. The van der Waals surface area contributed by atoms with Crippen LogP contribution < -0.4 is 0 Å². The summed E-state index contributed by atoms with van der Waals surface area (Å²) in [5.41, 5.74) is 3.97. The Bertz CT molecular complexity index is 383. The van der Waals surface area contributed by atoms with E-state index in [-0.39, 0.29) is 5.41 Å². The van der Waals surface area contributed by atoms with Crippen molar-refractivity contribution in [3.05, 3.63) is 34.9 Å². The molecular weight excluding hydrogens is 172 g/mol. The summed E-state index contributed by atoms with van der Waals surface area (Å²) in [5, 5.41) is 0. The lowest BCUT2D eigenvalue weighted by Gasteiger charge is -2.19. The van der Waals surface area contributed by atoms with E-state index in [2.05, 4.69) is 39.0 Å². The second-order valence-electron chi connectivity index (χ2n) is 5.13. The first kappa shape index (κ1) is 9.45. The molecule has 0 aromatic heterocycles. The minimum atomic E-state index is 0.181. The van der Waals surface area contributed by atoms with Crippen LogP contribution in [0.2, 0.25) is 0 Å². The van der Waals surface area contributed by atoms with Crippen molar-refractivity contribution in [2.75, 3.05) is 0 Å². The number of fused-ring (bicyclic) bond motifs is 1. The predicted molar refractivity (Wildman–Crippen MR) is 57.6 cm³/mol. The van der Waals surface area contributed by atoms with Crippen molar-refractivity contribution in [1.29, 1.82) is 0 Å². The van der Waals surface area contributed by atoms with Gasteiger partial charge in [-0.2, -0.15) is 0 Å². The maximum atomic E-state index is 11.3. The van der Waals surface area contributed by atoms with Gasteiger partial charge in [0, 0.05) is 12.8 Å². The van der Waals surface area contributed by atoms with Crippen molar-refractivity contribution in [3.63, 3.8) is 0 Å². The fourth-order valence-corrected chi connectivity index (χ4v) is 1.92. The van der Waals surface area contributed by atoms with Gasteiger partial charge in [0.15, 0.2) is 0 Å². The molecular formula is C13H16O. The summed E-state index contributed by atoms with van der Waals surface area (Å²) in [6.45, 7) is 6.60. The van der Waals surface area contributed by atoms with E-state index in [0.717, 1.165) is 0 Å². The van der Waals surface area contributed by atoms with Crippen LogP contribution in [-0.4, -0.2) is 5.78 Å². The summed E-state index contributed by atoms with van der Waals surface area (Å²) >= 11 is 0. The molecule has 0 bridgehead atoms. The standard InChI is InChI=1S/C13H16O/c1-13(2,3)11-5-4-9-7-12(14)8-10(9)6-11/h4-6H,7-8H2,1-3H3. The van der Waals surface area contributed by atoms with E-state index in [4.69, 9.17) is 0 Å². The van der Waals surface area contributed by atoms with Gasteiger partial charge in [-0.15, -0.1) is 0 Å². The number of Topliss-reactive ketones (excluding diaryl/α,β-unsaturated/α-hetero) is 1. The quantitative estimate of drug-likeness (QED) is 0.611. The Morgan fingerprint density at radius 2 is 1.71 bits per heavy atom. The molecule has 0 radical (unpaired) electrons. The molecule has 74 valence electrons. The lowest BCUT2D eigenvalue weighted by atomic mass is 9.85. The Hall–Kier alpha value is -1.11. The Morgan fingerprint density at radius 3 is 2.36 bits per heavy atom. The molecule has 0 N–H and O–H groups in total. The minimum absolute atomic E-state index is 0.181. The molecule has 0 atom stereocenters. The summed E-state index contributed by atoms with van der Waals surface area (Å²) in [7, 11) is 0. The molecule has 0 saturated heterocycles. The topological polar surface area (TPSA) is 17.1 Å². The smallest absolute Gasteiger partial charge is 0.141 e. The lowest BCUT2D eigenvalue weighted by molar-refractivity contribution is -0.117. The van der Waals surface area contributed by atoms with Crippen LogP contribution in [0.4, 0.5) is 0 Å². The Morgan fingerprint density at radius 1 is 1.07 bits per heavy atom. The van der Waals surface area contributed by atoms with Crippen molar-refractivity contribution in [2.45, 2.75) is 39.0 Å². The first-order chi connectivity index (χ1) is 6.47. The number of hydrogen-bond donors (Lipinski definition) is 0. The van der Waals surface area contributed by atoms with Crippen molar-refractivity contribution in [3.8, 4) is 0 Å². The van der Waals surface area contributed by atoms with Crippen molar-refractivity contribution in [1.82, 2.24) is 0 Å². The van der Waals surface area contributed by atoms with Crippen LogP contribution in [-0.2, 0) is 23.1 Å². The van der Waals surface area contributed by atoms with Gasteiger partial charge >= 0.3 is 0 Å². The molecule has 0 amide bonds. The van der Waals surface area contributed by atoms with E-state index in [1.54, 1.807) is 0 Å². The number of ketones is 1. The third-order valence-corrected chi connectivity index (χ3v) is 2.85. The van der Waals surface area contributed by atoms with Gasteiger partial charge in [-0.05, 0) is 22.1 Å². The van der Waals surface area contributed by atoms with Gasteiger partial charge in [-0.3, -0.25) is 4.79 Å². The highest BCUT2D eigenvalue weighted by Crippen LogP contribution is 2.27. The first-order valence-corrected chi connectivity index (χ1v) is 5.11. The van der Waals surface area contributed by atoms with Gasteiger partial charge in [-0.25, -0.2) is 0 Å². The molecule has 1 heteroatoms. The molecule has 0 heterocycles. The van der Waals surface area contributed by atoms with E-state index in [1.807, 2.05) is 0 Å². The van der Waals surface area contributed by atoms with E-state index in [9.17, 15) is 4.79 Å². The van der Waals surface area contributed by atoms with Crippen molar-refractivity contribution < 1.29 is 4.79 Å². The maximum Gasteiger partial charge on any atom is 0.141 e. The predicted octanol–water partition coefficient (Wildman–Crippen LogP) is 2.65. The molecule has 1 aliphatic carbocycles. The average molecular weight is 188 g/mol. The number of carbonyl (C=O) groups is 1. The zero-order chi connectivity index (χ0) is 10.3. The largest absolute Gasteiger partial charge is 0.299 e. The molecule has 1 nitrogen and oxygen atoms in total. The van der Waals surface area contributed by atoms with Crippen LogP contribution in [0.1, 0.15) is 37.5 Å². The SMILES string of the molecule is CC(C)(C)c1ccc2c(c1)CC(=O)C2. The fourth-order valence-electron chi connectivity index (χ4n) is 1.92. The summed E-state index contributed by atoms with van der Waals surface area (Å²) in [4.78, 5) is 11.3. The van der Waals surface area contributed by atoms with Gasteiger partial charge in [0.1, 0.15) is 5.78 Å². The molecule has 2 rings (SSSR count). The molecule has 0 saturated carbocycles. The third-order valence-electron chi connectivity index (χ3n) is 2.85. The van der Waals surface area contributed by atoms with E-state index >= 15 is 0 Å². The van der Waals surface area contributed by atoms with Crippen molar-refractivity contribution in [2.24, 2.45) is 0 Å². The van der Waals surface area contributed by atoms with Gasteiger partial charge in [-0.1, -0.05) is 39.0 Å². The Kier molecular flexibility index (Phi) is 1.99. The zero-order valence-corrected chi connectivity index (χ0v) is 9.05. The normalized spacial score (nSPS) is 15.8. The summed E-state index contributed by atoms with van der Waals surface area (Å²) in [6, 6.07) is 6.46. The monoisotopic (exact) mass is 188 g/mol.